The number of carbonyl (C=O) groups is 1. The minimum atomic E-state index is -0.341. The molecular weight excluding hydrogens is 358 g/mol. The number of ether oxygens (including phenoxy) is 1. The molecule has 1 aromatic carbocycles. The van der Waals surface area contributed by atoms with E-state index in [4.69, 9.17) is 10.5 Å². The number of aromatic nitrogens is 4. The Hall–Kier alpha value is -3.20. The van der Waals surface area contributed by atoms with Crippen LogP contribution in [0.1, 0.15) is 10.5 Å². The summed E-state index contributed by atoms with van der Waals surface area (Å²) in [7, 11) is 3.40. The number of hydrogen-bond acceptors (Lipinski definition) is 7. The molecule has 1 saturated carbocycles. The molecule has 3 heterocycles. The first kappa shape index (κ1) is 16.9. The molecule has 5 rings (SSSR count). The van der Waals surface area contributed by atoms with Crippen molar-refractivity contribution in [1.82, 2.24) is 19.7 Å². The van der Waals surface area contributed by atoms with Crippen molar-refractivity contribution >= 4 is 28.3 Å². The second-order valence-corrected chi connectivity index (χ2v) is 7.44. The third-order valence-corrected chi connectivity index (χ3v) is 5.64. The number of anilines is 2. The summed E-state index contributed by atoms with van der Waals surface area (Å²) in [4.78, 5) is 23.5. The van der Waals surface area contributed by atoms with Crippen molar-refractivity contribution in [3.63, 3.8) is 0 Å². The molecule has 3 N–H and O–H groups in total. The lowest BCUT2D eigenvalue weighted by Gasteiger charge is -2.19. The molecule has 9 nitrogen and oxygen atoms in total. The van der Waals surface area contributed by atoms with E-state index < -0.39 is 0 Å². The molecule has 1 unspecified atom stereocenters. The molecule has 0 bridgehead atoms. The Morgan fingerprint density at radius 2 is 2.04 bits per heavy atom. The highest BCUT2D eigenvalue weighted by Crippen LogP contribution is 2.44. The summed E-state index contributed by atoms with van der Waals surface area (Å²) >= 11 is 0. The van der Waals surface area contributed by atoms with Crippen LogP contribution in [-0.2, 0) is 7.05 Å². The molecule has 0 radical (unpaired) electrons. The van der Waals surface area contributed by atoms with E-state index in [1.165, 1.54) is 6.20 Å². The Bertz CT molecular complexity index is 1050. The van der Waals surface area contributed by atoms with Crippen molar-refractivity contribution in [2.24, 2.45) is 24.6 Å². The molecule has 2 aromatic heterocycles. The van der Waals surface area contributed by atoms with Crippen LogP contribution >= 0.6 is 0 Å². The number of rotatable bonds is 4. The molecule has 2 aliphatic rings. The number of benzene rings is 1. The van der Waals surface area contributed by atoms with Gasteiger partial charge >= 0.3 is 0 Å². The summed E-state index contributed by atoms with van der Waals surface area (Å²) in [5.74, 6) is 2.12. The fourth-order valence-electron chi connectivity index (χ4n) is 3.99. The molecule has 1 aliphatic heterocycles. The average Bonchev–Trinajstić information content (AvgIpc) is 3.05. The molecule has 3 atom stereocenters. The van der Waals surface area contributed by atoms with Crippen molar-refractivity contribution in [3.05, 3.63) is 36.4 Å². The molecule has 0 spiro atoms. The maximum Gasteiger partial charge on any atom is 0.275 e. The van der Waals surface area contributed by atoms with Gasteiger partial charge in [-0.25, -0.2) is 9.97 Å². The lowest BCUT2D eigenvalue weighted by Crippen LogP contribution is -2.29. The quantitative estimate of drug-likeness (QED) is 0.696. The summed E-state index contributed by atoms with van der Waals surface area (Å²) in [5, 5.41) is 8.11. The Morgan fingerprint density at radius 1 is 1.25 bits per heavy atom. The van der Waals surface area contributed by atoms with Crippen LogP contribution in [0.4, 0.5) is 11.5 Å². The molecule has 2 fully saturated rings. The molecule has 28 heavy (non-hydrogen) atoms. The first-order chi connectivity index (χ1) is 13.5. The second-order valence-electron chi connectivity index (χ2n) is 7.44. The third-order valence-electron chi connectivity index (χ3n) is 5.64. The van der Waals surface area contributed by atoms with Gasteiger partial charge < -0.3 is 20.7 Å². The number of nitrogens with two attached hydrogens (primary N) is 1. The number of nitrogens with zero attached hydrogens (tertiary/aromatic N) is 5. The second kappa shape index (κ2) is 6.16. The number of nitrogens with one attached hydrogen (secondary N) is 1. The van der Waals surface area contributed by atoms with Crippen LogP contribution in [0.25, 0.3) is 10.9 Å². The minimum absolute atomic E-state index is 0.248. The van der Waals surface area contributed by atoms with Crippen molar-refractivity contribution in [2.45, 2.75) is 6.04 Å². The largest absolute Gasteiger partial charge is 0.494 e. The van der Waals surface area contributed by atoms with Crippen LogP contribution in [0.3, 0.4) is 0 Å². The number of amides is 1. The van der Waals surface area contributed by atoms with E-state index in [0.29, 0.717) is 29.3 Å². The summed E-state index contributed by atoms with van der Waals surface area (Å²) in [6, 6.07) is 3.96. The summed E-state index contributed by atoms with van der Waals surface area (Å²) in [6.07, 6.45) is 5.03. The number of fused-ring (bicyclic) bond motifs is 2. The van der Waals surface area contributed by atoms with Crippen LogP contribution < -0.4 is 20.7 Å². The fraction of sp³-hybridized carbons (Fsp3) is 0.368. The van der Waals surface area contributed by atoms with Crippen molar-refractivity contribution in [2.75, 3.05) is 30.4 Å². The van der Waals surface area contributed by atoms with Crippen LogP contribution in [-0.4, -0.2) is 51.9 Å². The van der Waals surface area contributed by atoms with Gasteiger partial charge in [0, 0.05) is 43.8 Å². The van der Waals surface area contributed by atoms with Gasteiger partial charge in [-0.1, -0.05) is 0 Å². The molecule has 1 aliphatic carbocycles. The first-order valence-corrected chi connectivity index (χ1v) is 9.19. The van der Waals surface area contributed by atoms with E-state index in [0.717, 1.165) is 29.8 Å². The Balaban J connectivity index is 1.33. The standard InChI is InChI=1S/C19H21N7O2/c1-25-7-10-3-14(16(28-2)4-13(10)24-25)23-19(27)15-5-22-17(6-21-15)26-8-11-12(9-26)18(11)20/h3-7,11-12,18H,8-9,20H2,1-2H3,(H,23,27)/t11-,12+,18?. The number of hydrogen-bond donors (Lipinski definition) is 2. The van der Waals surface area contributed by atoms with Gasteiger partial charge in [0.1, 0.15) is 17.3 Å². The SMILES string of the molecule is COc1cc2nn(C)cc2cc1NC(=O)c1cnc(N2C[C@@H]3C(N)[C@@H]3C2)cn1. The van der Waals surface area contributed by atoms with Gasteiger partial charge in [0.05, 0.1) is 30.7 Å². The molecule has 1 saturated heterocycles. The predicted molar refractivity (Wildman–Crippen MR) is 104 cm³/mol. The zero-order chi connectivity index (χ0) is 19.4. The highest BCUT2D eigenvalue weighted by atomic mass is 16.5. The number of aryl methyl sites for hydroxylation is 1. The average molecular weight is 379 g/mol. The third kappa shape index (κ3) is 2.75. The smallest absolute Gasteiger partial charge is 0.275 e. The van der Waals surface area contributed by atoms with E-state index in [2.05, 4.69) is 25.3 Å². The van der Waals surface area contributed by atoms with Crippen molar-refractivity contribution < 1.29 is 9.53 Å². The highest BCUT2D eigenvalue weighted by Gasteiger charge is 2.53. The van der Waals surface area contributed by atoms with Gasteiger partial charge in [0.25, 0.3) is 5.91 Å². The maximum absolute atomic E-state index is 12.6. The maximum atomic E-state index is 12.6. The fourth-order valence-corrected chi connectivity index (χ4v) is 3.99. The molecule has 3 aromatic rings. The Morgan fingerprint density at radius 3 is 2.71 bits per heavy atom. The zero-order valence-corrected chi connectivity index (χ0v) is 15.7. The topological polar surface area (TPSA) is 111 Å². The van der Waals surface area contributed by atoms with E-state index in [1.807, 2.05) is 19.3 Å². The van der Waals surface area contributed by atoms with Crippen molar-refractivity contribution in [3.8, 4) is 5.75 Å². The highest BCUT2D eigenvalue weighted by molar-refractivity contribution is 6.04. The van der Waals surface area contributed by atoms with Gasteiger partial charge in [0.15, 0.2) is 0 Å². The molecule has 9 heteroatoms. The lowest BCUT2D eigenvalue weighted by molar-refractivity contribution is 0.102. The Labute approximate surface area is 161 Å². The zero-order valence-electron chi connectivity index (χ0n) is 15.7. The van der Waals surface area contributed by atoms with Crippen LogP contribution in [0.2, 0.25) is 0 Å². The van der Waals surface area contributed by atoms with E-state index >= 15 is 0 Å². The summed E-state index contributed by atoms with van der Waals surface area (Å²) in [6.45, 7) is 1.82. The van der Waals surface area contributed by atoms with Crippen LogP contribution in [0, 0.1) is 11.8 Å². The van der Waals surface area contributed by atoms with E-state index in [-0.39, 0.29) is 11.6 Å². The molecule has 1 amide bonds. The van der Waals surface area contributed by atoms with E-state index in [1.54, 1.807) is 24.1 Å². The molecular formula is C19H21N7O2. The van der Waals surface area contributed by atoms with Gasteiger partial charge in [-0.05, 0) is 17.9 Å². The van der Waals surface area contributed by atoms with Gasteiger partial charge in [-0.2, -0.15) is 5.10 Å². The van der Waals surface area contributed by atoms with Crippen LogP contribution in [0.5, 0.6) is 5.75 Å². The number of piperidine rings is 1. The normalized spacial score (nSPS) is 23.0. The van der Waals surface area contributed by atoms with Gasteiger partial charge in [-0.3, -0.25) is 9.48 Å². The lowest BCUT2D eigenvalue weighted by atomic mass is 10.2. The van der Waals surface area contributed by atoms with Gasteiger partial charge in [0.2, 0.25) is 0 Å². The minimum Gasteiger partial charge on any atom is -0.494 e. The predicted octanol–water partition coefficient (Wildman–Crippen LogP) is 1.02. The molecule has 144 valence electrons. The number of methoxy groups -OCH3 is 1. The van der Waals surface area contributed by atoms with Crippen molar-refractivity contribution in [1.29, 1.82) is 0 Å². The Kier molecular flexibility index (Phi) is 3.73. The van der Waals surface area contributed by atoms with Crippen LogP contribution in [0.15, 0.2) is 30.7 Å². The summed E-state index contributed by atoms with van der Waals surface area (Å²) in [5.41, 5.74) is 7.58. The van der Waals surface area contributed by atoms with Gasteiger partial charge in [-0.15, -0.1) is 0 Å². The summed E-state index contributed by atoms with van der Waals surface area (Å²) < 4.78 is 7.11. The monoisotopic (exact) mass is 379 g/mol. The number of carbonyl (C=O) groups excluding carboxylic acids is 1. The first-order valence-electron chi connectivity index (χ1n) is 9.19. The van der Waals surface area contributed by atoms with E-state index in [9.17, 15) is 4.79 Å².